The monoisotopic (exact) mass is 266 g/mol. The van der Waals surface area contributed by atoms with Crippen LogP contribution in [0, 0.1) is 11.7 Å². The average Bonchev–Trinajstić information content (AvgIpc) is 2.43. The molecule has 0 radical (unpaired) electrons. The fourth-order valence-electron chi connectivity index (χ4n) is 2.15. The first-order valence-electron chi connectivity index (χ1n) is 7.30. The summed E-state index contributed by atoms with van der Waals surface area (Å²) in [6.07, 6.45) is 2.12. The topological polar surface area (TPSA) is 29.3 Å². The van der Waals surface area contributed by atoms with E-state index in [0.29, 0.717) is 0 Å². The predicted octanol–water partition coefficient (Wildman–Crippen LogP) is 3.58. The SMILES string of the molecule is CCC(C)CN(CC)CCC(N)c1ccc(F)cc1. The molecule has 1 aromatic carbocycles. The van der Waals surface area contributed by atoms with Crippen molar-refractivity contribution in [2.45, 2.75) is 39.7 Å². The summed E-state index contributed by atoms with van der Waals surface area (Å²) in [7, 11) is 0. The van der Waals surface area contributed by atoms with Gasteiger partial charge in [-0.2, -0.15) is 0 Å². The highest BCUT2D eigenvalue weighted by Gasteiger charge is 2.11. The highest BCUT2D eigenvalue weighted by atomic mass is 19.1. The lowest BCUT2D eigenvalue weighted by Gasteiger charge is -2.25. The molecule has 0 amide bonds. The molecule has 2 atom stereocenters. The van der Waals surface area contributed by atoms with E-state index >= 15 is 0 Å². The summed E-state index contributed by atoms with van der Waals surface area (Å²) in [5.41, 5.74) is 7.18. The van der Waals surface area contributed by atoms with Crippen LogP contribution in [0.4, 0.5) is 4.39 Å². The van der Waals surface area contributed by atoms with Crippen molar-refractivity contribution < 1.29 is 4.39 Å². The van der Waals surface area contributed by atoms with E-state index in [1.54, 1.807) is 12.1 Å². The van der Waals surface area contributed by atoms with E-state index < -0.39 is 0 Å². The minimum absolute atomic E-state index is 0.00779. The number of hydrogen-bond acceptors (Lipinski definition) is 2. The third-order valence-electron chi connectivity index (χ3n) is 3.77. The van der Waals surface area contributed by atoms with Gasteiger partial charge in [-0.05, 0) is 43.1 Å². The Kier molecular flexibility index (Phi) is 7.03. The van der Waals surface area contributed by atoms with Crippen LogP contribution in [0.25, 0.3) is 0 Å². The Hall–Kier alpha value is -0.930. The zero-order valence-corrected chi connectivity index (χ0v) is 12.4. The van der Waals surface area contributed by atoms with Crippen LogP contribution in [0.1, 0.15) is 45.2 Å². The molecule has 3 heteroatoms. The summed E-state index contributed by atoms with van der Waals surface area (Å²) in [6.45, 7) is 9.88. The minimum atomic E-state index is -0.206. The van der Waals surface area contributed by atoms with Crippen LogP contribution in [-0.2, 0) is 0 Å². The third kappa shape index (κ3) is 5.70. The van der Waals surface area contributed by atoms with Crippen LogP contribution >= 0.6 is 0 Å². The van der Waals surface area contributed by atoms with Crippen LogP contribution in [0.3, 0.4) is 0 Å². The first-order chi connectivity index (χ1) is 9.06. The van der Waals surface area contributed by atoms with Gasteiger partial charge in [-0.25, -0.2) is 4.39 Å². The smallest absolute Gasteiger partial charge is 0.123 e. The number of halogens is 1. The molecule has 1 aromatic rings. The van der Waals surface area contributed by atoms with E-state index in [4.69, 9.17) is 5.73 Å². The molecule has 108 valence electrons. The molecule has 0 fully saturated rings. The second-order valence-corrected chi connectivity index (χ2v) is 5.35. The molecule has 0 heterocycles. The van der Waals surface area contributed by atoms with Crippen molar-refractivity contribution in [1.82, 2.24) is 4.90 Å². The van der Waals surface area contributed by atoms with Crippen molar-refractivity contribution in [1.29, 1.82) is 0 Å². The van der Waals surface area contributed by atoms with Gasteiger partial charge in [0, 0.05) is 12.6 Å². The Morgan fingerprint density at radius 2 is 1.84 bits per heavy atom. The molecule has 0 saturated carbocycles. The summed E-state index contributed by atoms with van der Waals surface area (Å²) < 4.78 is 12.9. The molecule has 2 unspecified atom stereocenters. The van der Waals surface area contributed by atoms with Crippen molar-refractivity contribution in [3.8, 4) is 0 Å². The van der Waals surface area contributed by atoms with E-state index in [9.17, 15) is 4.39 Å². The molecule has 0 spiro atoms. The van der Waals surface area contributed by atoms with E-state index in [-0.39, 0.29) is 11.9 Å². The lowest BCUT2D eigenvalue weighted by molar-refractivity contribution is 0.237. The van der Waals surface area contributed by atoms with Crippen molar-refractivity contribution in [3.63, 3.8) is 0 Å². The van der Waals surface area contributed by atoms with Gasteiger partial charge in [0.15, 0.2) is 0 Å². The van der Waals surface area contributed by atoms with Gasteiger partial charge in [0.1, 0.15) is 5.82 Å². The molecule has 0 bridgehead atoms. The van der Waals surface area contributed by atoms with Gasteiger partial charge in [0.25, 0.3) is 0 Å². The highest BCUT2D eigenvalue weighted by Crippen LogP contribution is 2.15. The molecule has 19 heavy (non-hydrogen) atoms. The Balaban J connectivity index is 2.43. The maximum absolute atomic E-state index is 12.9. The zero-order chi connectivity index (χ0) is 14.3. The Bertz CT molecular complexity index is 350. The minimum Gasteiger partial charge on any atom is -0.324 e. The zero-order valence-electron chi connectivity index (χ0n) is 12.4. The molecule has 0 aliphatic heterocycles. The van der Waals surface area contributed by atoms with Crippen molar-refractivity contribution in [3.05, 3.63) is 35.6 Å². The van der Waals surface area contributed by atoms with Gasteiger partial charge < -0.3 is 10.6 Å². The second-order valence-electron chi connectivity index (χ2n) is 5.35. The van der Waals surface area contributed by atoms with E-state index in [2.05, 4.69) is 25.7 Å². The quantitative estimate of drug-likeness (QED) is 0.779. The largest absolute Gasteiger partial charge is 0.324 e. The molecule has 0 saturated heterocycles. The van der Waals surface area contributed by atoms with Gasteiger partial charge in [-0.15, -0.1) is 0 Å². The lowest BCUT2D eigenvalue weighted by Crippen LogP contribution is -2.31. The molecule has 0 aromatic heterocycles. The molecule has 0 aliphatic carbocycles. The number of benzene rings is 1. The van der Waals surface area contributed by atoms with Gasteiger partial charge in [0.2, 0.25) is 0 Å². The Morgan fingerprint density at radius 1 is 1.21 bits per heavy atom. The predicted molar refractivity (Wildman–Crippen MR) is 79.5 cm³/mol. The van der Waals surface area contributed by atoms with Gasteiger partial charge in [-0.1, -0.05) is 39.3 Å². The van der Waals surface area contributed by atoms with Crippen LogP contribution in [0.5, 0.6) is 0 Å². The normalized spacial score (nSPS) is 14.6. The molecular formula is C16H27FN2. The Labute approximate surface area is 116 Å². The van der Waals surface area contributed by atoms with Crippen molar-refractivity contribution >= 4 is 0 Å². The molecule has 2 nitrogen and oxygen atoms in total. The molecular weight excluding hydrogens is 239 g/mol. The van der Waals surface area contributed by atoms with E-state index in [1.807, 2.05) is 0 Å². The van der Waals surface area contributed by atoms with Crippen LogP contribution in [0.15, 0.2) is 24.3 Å². The number of nitrogens with zero attached hydrogens (tertiary/aromatic N) is 1. The highest BCUT2D eigenvalue weighted by molar-refractivity contribution is 5.19. The van der Waals surface area contributed by atoms with Crippen molar-refractivity contribution in [2.24, 2.45) is 11.7 Å². The van der Waals surface area contributed by atoms with Gasteiger partial charge in [0.05, 0.1) is 0 Å². The summed E-state index contributed by atoms with van der Waals surface area (Å²) in [5.74, 6) is 0.518. The van der Waals surface area contributed by atoms with Gasteiger partial charge >= 0.3 is 0 Å². The molecule has 2 N–H and O–H groups in total. The fraction of sp³-hybridized carbons (Fsp3) is 0.625. The second kappa shape index (κ2) is 8.28. The lowest BCUT2D eigenvalue weighted by atomic mass is 10.0. The number of hydrogen-bond donors (Lipinski definition) is 1. The first kappa shape index (κ1) is 16.1. The number of rotatable bonds is 8. The van der Waals surface area contributed by atoms with Gasteiger partial charge in [-0.3, -0.25) is 0 Å². The number of nitrogens with two attached hydrogens (primary N) is 1. The Morgan fingerprint density at radius 3 is 2.37 bits per heavy atom. The summed E-state index contributed by atoms with van der Waals surface area (Å²) >= 11 is 0. The van der Waals surface area contributed by atoms with E-state index in [0.717, 1.165) is 37.5 Å². The molecule has 0 aliphatic rings. The molecule has 1 rings (SSSR count). The average molecular weight is 266 g/mol. The van der Waals surface area contributed by atoms with Crippen LogP contribution < -0.4 is 5.73 Å². The van der Waals surface area contributed by atoms with E-state index in [1.165, 1.54) is 18.6 Å². The standard InChI is InChI=1S/C16H27FN2/c1-4-13(3)12-19(5-2)11-10-16(18)14-6-8-15(17)9-7-14/h6-9,13,16H,4-5,10-12,18H2,1-3H3. The first-order valence-corrected chi connectivity index (χ1v) is 7.30. The third-order valence-corrected chi connectivity index (χ3v) is 3.77. The van der Waals surface area contributed by atoms with Crippen LogP contribution in [0.2, 0.25) is 0 Å². The maximum Gasteiger partial charge on any atom is 0.123 e. The fourth-order valence-corrected chi connectivity index (χ4v) is 2.15. The summed E-state index contributed by atoms with van der Waals surface area (Å²) in [6, 6.07) is 6.51. The van der Waals surface area contributed by atoms with Crippen LogP contribution in [-0.4, -0.2) is 24.5 Å². The summed E-state index contributed by atoms with van der Waals surface area (Å²) in [5, 5.41) is 0. The maximum atomic E-state index is 12.9. The summed E-state index contributed by atoms with van der Waals surface area (Å²) in [4.78, 5) is 2.44. The van der Waals surface area contributed by atoms with Crippen molar-refractivity contribution in [2.75, 3.05) is 19.6 Å².